The fourth-order valence-electron chi connectivity index (χ4n) is 2.30. The zero-order chi connectivity index (χ0) is 15.1. The van der Waals surface area contributed by atoms with Crippen LogP contribution in [0.3, 0.4) is 0 Å². The molecule has 22 heavy (non-hydrogen) atoms. The van der Waals surface area contributed by atoms with E-state index in [1.54, 1.807) is 0 Å². The van der Waals surface area contributed by atoms with E-state index in [1.807, 2.05) is 48.5 Å². The number of aryl methyl sites for hydroxylation is 1. The van der Waals surface area contributed by atoms with Crippen molar-refractivity contribution in [2.45, 2.75) is 26.8 Å². The van der Waals surface area contributed by atoms with Gasteiger partial charge in [0.15, 0.2) is 0 Å². The number of hydrogen-bond acceptors (Lipinski definition) is 2. The van der Waals surface area contributed by atoms with Gasteiger partial charge in [0.05, 0.1) is 0 Å². The number of rotatable bonds is 6. The first-order chi connectivity index (χ1) is 10.3. The van der Waals surface area contributed by atoms with E-state index in [1.165, 1.54) is 0 Å². The maximum Gasteiger partial charge on any atom is 0.255 e. The van der Waals surface area contributed by atoms with Crippen molar-refractivity contribution in [1.29, 1.82) is 0 Å². The minimum atomic E-state index is -0.0450. The number of carbonyl (C=O) groups excluding carboxylic acids is 1. The van der Waals surface area contributed by atoms with E-state index in [9.17, 15) is 4.79 Å². The van der Waals surface area contributed by atoms with Crippen molar-refractivity contribution in [3.8, 4) is 0 Å². The van der Waals surface area contributed by atoms with Gasteiger partial charge >= 0.3 is 0 Å². The van der Waals surface area contributed by atoms with Crippen LogP contribution >= 0.6 is 12.4 Å². The van der Waals surface area contributed by atoms with Crippen LogP contribution < -0.4 is 10.6 Å². The summed E-state index contributed by atoms with van der Waals surface area (Å²) in [5.74, 6) is -0.0450. The zero-order valence-electron chi connectivity index (χ0n) is 13.1. The minimum absolute atomic E-state index is 0. The summed E-state index contributed by atoms with van der Waals surface area (Å²) in [6, 6.07) is 15.6. The molecular formula is C18H23ClN2O. The summed E-state index contributed by atoms with van der Waals surface area (Å²) in [5.41, 5.74) is 3.79. The SMILES string of the molecule is CCNCc1ccccc1NC(=O)c1ccccc1CC.Cl. The molecule has 0 aromatic heterocycles. The van der Waals surface area contributed by atoms with Crippen LogP contribution in [-0.4, -0.2) is 12.5 Å². The molecule has 4 heteroatoms. The maximum atomic E-state index is 12.5. The lowest BCUT2D eigenvalue weighted by Crippen LogP contribution is -2.18. The Kier molecular flexibility index (Phi) is 7.64. The van der Waals surface area contributed by atoms with E-state index >= 15 is 0 Å². The molecule has 0 aliphatic heterocycles. The topological polar surface area (TPSA) is 41.1 Å². The van der Waals surface area contributed by atoms with Crippen LogP contribution in [0.25, 0.3) is 0 Å². The molecule has 2 aromatic carbocycles. The lowest BCUT2D eigenvalue weighted by Gasteiger charge is -2.13. The fraction of sp³-hybridized carbons (Fsp3) is 0.278. The van der Waals surface area contributed by atoms with Crippen molar-refractivity contribution in [1.82, 2.24) is 5.32 Å². The largest absolute Gasteiger partial charge is 0.322 e. The standard InChI is InChI=1S/C18H22N2O.ClH/c1-3-14-9-5-7-11-16(14)18(21)20-17-12-8-6-10-15(17)13-19-4-2;/h5-12,19H,3-4,13H2,1-2H3,(H,20,21);1H. The highest BCUT2D eigenvalue weighted by atomic mass is 35.5. The third-order valence-electron chi connectivity index (χ3n) is 3.47. The minimum Gasteiger partial charge on any atom is -0.322 e. The van der Waals surface area contributed by atoms with Gasteiger partial charge in [0.1, 0.15) is 0 Å². The molecule has 0 saturated heterocycles. The summed E-state index contributed by atoms with van der Waals surface area (Å²) in [4.78, 5) is 12.5. The Balaban J connectivity index is 0.00000242. The summed E-state index contributed by atoms with van der Waals surface area (Å²) in [6.07, 6.45) is 0.850. The molecule has 2 aromatic rings. The van der Waals surface area contributed by atoms with Gasteiger partial charge in [-0.15, -0.1) is 12.4 Å². The van der Waals surface area contributed by atoms with Crippen LogP contribution in [0.2, 0.25) is 0 Å². The number of nitrogens with one attached hydrogen (secondary N) is 2. The Morgan fingerprint density at radius 2 is 1.59 bits per heavy atom. The molecule has 0 radical (unpaired) electrons. The first-order valence-corrected chi connectivity index (χ1v) is 7.44. The average Bonchev–Trinajstić information content (AvgIpc) is 2.54. The van der Waals surface area contributed by atoms with Crippen molar-refractivity contribution >= 4 is 24.0 Å². The predicted molar refractivity (Wildman–Crippen MR) is 94.8 cm³/mol. The van der Waals surface area contributed by atoms with Crippen molar-refractivity contribution in [2.24, 2.45) is 0 Å². The van der Waals surface area contributed by atoms with Gasteiger partial charge in [0, 0.05) is 17.8 Å². The number of halogens is 1. The summed E-state index contributed by atoms with van der Waals surface area (Å²) >= 11 is 0. The quantitative estimate of drug-likeness (QED) is 0.844. The third kappa shape index (κ3) is 4.58. The predicted octanol–water partition coefficient (Wildman–Crippen LogP) is 4.03. The molecular weight excluding hydrogens is 296 g/mol. The number of anilines is 1. The van der Waals surface area contributed by atoms with Gasteiger partial charge < -0.3 is 10.6 Å². The van der Waals surface area contributed by atoms with Gasteiger partial charge in [0.25, 0.3) is 5.91 Å². The fourth-order valence-corrected chi connectivity index (χ4v) is 2.30. The molecule has 0 aliphatic rings. The first-order valence-electron chi connectivity index (χ1n) is 7.44. The van der Waals surface area contributed by atoms with Crippen molar-refractivity contribution < 1.29 is 4.79 Å². The summed E-state index contributed by atoms with van der Waals surface area (Å²) in [5, 5.41) is 6.32. The smallest absolute Gasteiger partial charge is 0.255 e. The van der Waals surface area contributed by atoms with Crippen LogP contribution in [0.4, 0.5) is 5.69 Å². The molecule has 3 nitrogen and oxygen atoms in total. The molecule has 0 atom stereocenters. The van der Waals surface area contributed by atoms with E-state index in [4.69, 9.17) is 0 Å². The van der Waals surface area contributed by atoms with Gasteiger partial charge in [-0.1, -0.05) is 50.2 Å². The van der Waals surface area contributed by atoms with Crippen LogP contribution in [0.15, 0.2) is 48.5 Å². The molecule has 1 amide bonds. The Bertz CT molecular complexity index is 614. The van der Waals surface area contributed by atoms with Gasteiger partial charge in [0.2, 0.25) is 0 Å². The number of carbonyl (C=O) groups is 1. The molecule has 118 valence electrons. The lowest BCUT2D eigenvalue weighted by molar-refractivity contribution is 0.102. The molecule has 2 rings (SSSR count). The van der Waals surface area contributed by atoms with Gasteiger partial charge in [-0.3, -0.25) is 4.79 Å². The van der Waals surface area contributed by atoms with E-state index in [2.05, 4.69) is 24.5 Å². The second-order valence-electron chi connectivity index (χ2n) is 4.90. The Hall–Kier alpha value is -1.84. The van der Waals surface area contributed by atoms with Crippen LogP contribution in [0.5, 0.6) is 0 Å². The maximum absolute atomic E-state index is 12.5. The molecule has 0 heterocycles. The number of hydrogen-bond donors (Lipinski definition) is 2. The second kappa shape index (κ2) is 9.23. The molecule has 2 N–H and O–H groups in total. The Morgan fingerprint density at radius 1 is 0.955 bits per heavy atom. The molecule has 0 unspecified atom stereocenters. The first kappa shape index (κ1) is 18.2. The van der Waals surface area contributed by atoms with E-state index < -0.39 is 0 Å². The van der Waals surface area contributed by atoms with Crippen LogP contribution in [0, 0.1) is 0 Å². The zero-order valence-corrected chi connectivity index (χ0v) is 13.9. The van der Waals surface area contributed by atoms with Crippen molar-refractivity contribution in [2.75, 3.05) is 11.9 Å². The molecule has 0 bridgehead atoms. The third-order valence-corrected chi connectivity index (χ3v) is 3.47. The van der Waals surface area contributed by atoms with Crippen molar-refractivity contribution in [3.05, 3.63) is 65.2 Å². The van der Waals surface area contributed by atoms with E-state index in [0.29, 0.717) is 0 Å². The van der Waals surface area contributed by atoms with E-state index in [-0.39, 0.29) is 18.3 Å². The lowest BCUT2D eigenvalue weighted by atomic mass is 10.0. The monoisotopic (exact) mass is 318 g/mol. The highest BCUT2D eigenvalue weighted by Gasteiger charge is 2.11. The molecule has 0 spiro atoms. The summed E-state index contributed by atoms with van der Waals surface area (Å²) < 4.78 is 0. The number of amides is 1. The Morgan fingerprint density at radius 3 is 2.27 bits per heavy atom. The average molecular weight is 319 g/mol. The van der Waals surface area contributed by atoms with Gasteiger partial charge in [-0.2, -0.15) is 0 Å². The molecule has 0 aliphatic carbocycles. The van der Waals surface area contributed by atoms with Crippen molar-refractivity contribution in [3.63, 3.8) is 0 Å². The van der Waals surface area contributed by atoms with Gasteiger partial charge in [-0.25, -0.2) is 0 Å². The summed E-state index contributed by atoms with van der Waals surface area (Å²) in [6.45, 7) is 5.78. The molecule has 0 saturated carbocycles. The summed E-state index contributed by atoms with van der Waals surface area (Å²) in [7, 11) is 0. The Labute approximate surface area is 138 Å². The molecule has 0 fully saturated rings. The normalized spacial score (nSPS) is 9.91. The number of benzene rings is 2. The van der Waals surface area contributed by atoms with Crippen LogP contribution in [-0.2, 0) is 13.0 Å². The number of para-hydroxylation sites is 1. The highest BCUT2D eigenvalue weighted by molar-refractivity contribution is 6.05. The van der Waals surface area contributed by atoms with Gasteiger partial charge in [-0.05, 0) is 36.2 Å². The van der Waals surface area contributed by atoms with E-state index in [0.717, 1.165) is 41.9 Å². The van der Waals surface area contributed by atoms with Crippen LogP contribution in [0.1, 0.15) is 35.3 Å². The second-order valence-corrected chi connectivity index (χ2v) is 4.90. The highest BCUT2D eigenvalue weighted by Crippen LogP contribution is 2.17.